The van der Waals surface area contributed by atoms with Gasteiger partial charge in [0.15, 0.2) is 35.4 Å². The summed E-state index contributed by atoms with van der Waals surface area (Å²) < 4.78 is 22.7. The number of carbonyl (C=O) groups excluding carboxylic acids is 14. The topological polar surface area (TPSA) is 343 Å². The number of rotatable bonds is 42. The van der Waals surface area contributed by atoms with Crippen LogP contribution >= 0.6 is 34.8 Å². The molecular weight excluding hydrogens is 1800 g/mol. The number of hydrogen-bond acceptors (Lipinski definition) is 18. The summed E-state index contributed by atoms with van der Waals surface area (Å²) in [5.41, 5.74) is 2.35. The molecule has 7 aromatic rings. The maximum Gasteiger partial charge on any atom is 0.418 e. The molecule has 3 heterocycles. The summed E-state index contributed by atoms with van der Waals surface area (Å²) in [4.78, 5) is 196. The molecule has 4 aliphatic rings. The first-order chi connectivity index (χ1) is 64.4. The summed E-state index contributed by atoms with van der Waals surface area (Å²) in [6.45, 7) is 32.3. The van der Waals surface area contributed by atoms with Crippen LogP contribution in [0.5, 0.6) is 5.75 Å². The first-order valence-corrected chi connectivity index (χ1v) is 48.0. The number of cyclic esters (lactones) is 1. The number of likely N-dealkylation sites (N-methyl/N-ethyl adjacent to an activating group) is 1. The summed E-state index contributed by atoms with van der Waals surface area (Å²) in [6, 6.07) is 39.1. The van der Waals surface area contributed by atoms with Crippen LogP contribution in [0.3, 0.4) is 0 Å². The molecule has 1 saturated carbocycles. The molecule has 28 nitrogen and oxygen atoms in total. The number of imide groups is 3. The summed E-state index contributed by atoms with van der Waals surface area (Å²) in [6.07, 6.45) is 12.2. The second kappa shape index (κ2) is 47.8. The minimum atomic E-state index is -1.83. The standard InChI is InChI=1S/C45H57ClN4O6.C38H52ClN3O7.C22H22ClN3O5/c1-10-35(56-36-22-19-30(43(6,7)11-2)25-32(36)44(8,9)12-3)39(52)47-31-20-21-33(46)34(26-31)48-40(53)37(38(51)45(13-4)23-24-45)50-41(54)28(5)49(42(50)55)27-29-17-15-14-16-18-29;1-6-8-9-10-11-12-13-14-15-19-24-49-36(46)28-22-23-29(39)30(25-28)40-33(44)31(32(43)38(3,4)5)42-34(45)35(48-7-2)41(37(42)47)26-27-20-17-16-18-21-27;1-13-10-11-15(23)16(12-13)24-18(27)17(26-20(29)22(2,3)31-21(26)30)19(28)25(4)14-8-6-5-7-9-14/h14-22,25-26,28,35,37H,10-13,23-24,27H2,1-9H3,(H,47,52)(H,48,53);16-18,20-23,25,31,35H,6-15,19,24,26H2,1-5H3,(H,40,44);5-12,17H,1-4H3,(H,24,27). The number of ketones is 2. The molecule has 0 aromatic heterocycles. The largest absolute Gasteiger partial charge is 0.480 e. The Morgan fingerprint density at radius 2 is 1.04 bits per heavy atom. The van der Waals surface area contributed by atoms with Crippen LogP contribution in [0.4, 0.5) is 42.8 Å². The number of unbranched alkanes of at least 4 members (excludes halogenated alkanes) is 9. The molecule has 3 saturated heterocycles. The number of carbonyl (C=O) groups is 14. The van der Waals surface area contributed by atoms with Gasteiger partial charge in [-0.1, -0.05) is 273 Å². The van der Waals surface area contributed by atoms with Gasteiger partial charge in [-0.2, -0.15) is 0 Å². The Labute approximate surface area is 813 Å². The number of Topliss-reactive ketones (excluding diaryl/α,β-unsaturated/α-hetero) is 2. The third-order valence-electron chi connectivity index (χ3n) is 25.5. The fraction of sp³-hybridized carbons (Fsp3) is 0.467. The van der Waals surface area contributed by atoms with Crippen molar-refractivity contribution in [3.05, 3.63) is 212 Å². The number of benzene rings is 7. The summed E-state index contributed by atoms with van der Waals surface area (Å²) in [5, 5.41) is 11.3. The van der Waals surface area contributed by atoms with E-state index in [-0.39, 0.29) is 74.8 Å². The molecule has 0 bridgehead atoms. The van der Waals surface area contributed by atoms with E-state index in [1.54, 1.807) is 113 Å². The van der Waals surface area contributed by atoms with Crippen molar-refractivity contribution in [2.45, 2.75) is 286 Å². The highest BCUT2D eigenvalue weighted by Gasteiger charge is 2.60. The molecular formula is C105H131Cl3N10O18. The van der Waals surface area contributed by atoms with Crippen molar-refractivity contribution >= 4 is 146 Å². The number of esters is 1. The number of urea groups is 2. The Kier molecular flexibility index (Phi) is 37.9. The SMILES string of the molecule is CCC(Oc1ccc(C(C)(C)CC)cc1C(C)(C)CC)C(=O)Nc1ccc(Cl)c(NC(=O)C(C(=O)C2(CC)CC2)N2C(=O)C(C)N(Cc3ccccc3)C2=O)c1.CCCCCCCCCCCCOC(=O)c1ccc(Cl)c(NC(=O)C(C(=O)C(C)(C)C)N2C(=O)C(OCC)N(Cc3ccccc3)C2=O)c1.Cc1ccc(Cl)c(NC(=O)C(C(=O)N(C)c2ccccc2)N2C(=O)OC(C)(C)C2=O)c1. The molecule has 31 heteroatoms. The normalized spacial score (nSPS) is 16.5. The predicted octanol–water partition coefficient (Wildman–Crippen LogP) is 21.0. The van der Waals surface area contributed by atoms with Gasteiger partial charge in [0.25, 0.3) is 47.3 Å². The minimum Gasteiger partial charge on any atom is -0.480 e. The molecule has 4 fully saturated rings. The minimum absolute atomic E-state index is 0.0242. The fourth-order valence-electron chi connectivity index (χ4n) is 15.9. The van der Waals surface area contributed by atoms with Crippen LogP contribution in [0.1, 0.15) is 252 Å². The zero-order chi connectivity index (χ0) is 100. The average Bonchev–Trinajstić information content (AvgIpc) is 1.55. The number of nitrogens with zero attached hydrogens (tertiary/aromatic N) is 6. The van der Waals surface area contributed by atoms with Gasteiger partial charge in [-0.3, -0.25) is 52.8 Å². The summed E-state index contributed by atoms with van der Waals surface area (Å²) in [7, 11) is 1.45. The van der Waals surface area contributed by atoms with Crippen molar-refractivity contribution in [3.63, 3.8) is 0 Å². The van der Waals surface area contributed by atoms with Gasteiger partial charge in [0.2, 0.25) is 12.3 Å². The van der Waals surface area contributed by atoms with E-state index in [4.69, 9.17) is 53.8 Å². The van der Waals surface area contributed by atoms with Crippen molar-refractivity contribution in [1.82, 2.24) is 24.5 Å². The maximum atomic E-state index is 14.2. The van der Waals surface area contributed by atoms with Gasteiger partial charge in [-0.15, -0.1) is 0 Å². The monoisotopic (exact) mass is 1920 g/mol. The van der Waals surface area contributed by atoms with E-state index in [0.29, 0.717) is 52.6 Å². The van der Waals surface area contributed by atoms with Gasteiger partial charge in [0, 0.05) is 48.0 Å². The number of para-hydroxylation sites is 1. The zero-order valence-electron chi connectivity index (χ0n) is 81.4. The van der Waals surface area contributed by atoms with Crippen LogP contribution in [-0.4, -0.2) is 170 Å². The fourth-order valence-corrected chi connectivity index (χ4v) is 16.4. The molecule has 0 radical (unpaired) electrons. The van der Waals surface area contributed by atoms with E-state index in [1.807, 2.05) is 63.2 Å². The quantitative estimate of drug-likeness (QED) is 0.0119. The Balaban J connectivity index is 0.000000238. The molecule has 6 unspecified atom stereocenters. The predicted molar refractivity (Wildman–Crippen MR) is 527 cm³/mol. The van der Waals surface area contributed by atoms with Crippen molar-refractivity contribution in [3.8, 4) is 5.75 Å². The van der Waals surface area contributed by atoms with Gasteiger partial charge < -0.3 is 50.0 Å². The zero-order valence-corrected chi connectivity index (χ0v) is 83.6. The van der Waals surface area contributed by atoms with Crippen molar-refractivity contribution in [2.75, 3.05) is 46.4 Å². The van der Waals surface area contributed by atoms with E-state index in [2.05, 4.69) is 81.9 Å². The molecule has 7 aromatic carbocycles. The van der Waals surface area contributed by atoms with Crippen LogP contribution in [0, 0.1) is 17.8 Å². The lowest BCUT2D eigenvalue weighted by atomic mass is 9.76. The van der Waals surface area contributed by atoms with E-state index in [0.717, 1.165) is 59.3 Å². The Morgan fingerprint density at radius 1 is 0.537 bits per heavy atom. The molecule has 6 atom stereocenters. The van der Waals surface area contributed by atoms with Gasteiger partial charge >= 0.3 is 24.1 Å². The second-order valence-corrected chi connectivity index (χ2v) is 38.9. The molecule has 13 amide bonds. The van der Waals surface area contributed by atoms with Gasteiger partial charge in [-0.05, 0) is 179 Å². The second-order valence-electron chi connectivity index (χ2n) is 37.6. The number of anilines is 5. The van der Waals surface area contributed by atoms with Crippen molar-refractivity contribution in [1.29, 1.82) is 0 Å². The van der Waals surface area contributed by atoms with E-state index < -0.39 is 136 Å². The highest BCUT2D eigenvalue weighted by molar-refractivity contribution is 6.36. The third-order valence-corrected chi connectivity index (χ3v) is 26.4. The van der Waals surface area contributed by atoms with Crippen molar-refractivity contribution in [2.24, 2.45) is 10.8 Å². The summed E-state index contributed by atoms with van der Waals surface area (Å²) in [5.74, 6) is -7.17. The lowest BCUT2D eigenvalue weighted by Gasteiger charge is -2.31. The van der Waals surface area contributed by atoms with E-state index in [1.165, 1.54) is 116 Å². The molecule has 136 heavy (non-hydrogen) atoms. The number of aryl methyl sites for hydroxylation is 1. The smallest absolute Gasteiger partial charge is 0.418 e. The molecule has 11 rings (SSSR count). The van der Waals surface area contributed by atoms with Gasteiger partial charge in [0.1, 0.15) is 11.8 Å². The highest BCUT2D eigenvalue weighted by atomic mass is 35.5. The number of halogens is 3. The third kappa shape index (κ3) is 26.7. The van der Waals surface area contributed by atoms with Gasteiger partial charge in [0.05, 0.1) is 50.8 Å². The molecule has 0 spiro atoms. The van der Waals surface area contributed by atoms with Crippen LogP contribution in [0.25, 0.3) is 0 Å². The summed E-state index contributed by atoms with van der Waals surface area (Å²) >= 11 is 19.1. The lowest BCUT2D eigenvalue weighted by Crippen LogP contribution is -2.56. The molecule has 4 N–H and O–H groups in total. The van der Waals surface area contributed by atoms with E-state index in [9.17, 15) is 67.1 Å². The Hall–Kier alpha value is -11.9. The van der Waals surface area contributed by atoms with Crippen LogP contribution < -0.4 is 30.9 Å². The number of nitrogens with one attached hydrogen (secondary N) is 4. The van der Waals surface area contributed by atoms with Crippen LogP contribution in [0.2, 0.25) is 15.1 Å². The van der Waals surface area contributed by atoms with E-state index >= 15 is 0 Å². The van der Waals surface area contributed by atoms with Gasteiger partial charge in [-0.25, -0.2) is 33.9 Å². The average molecular weight is 1930 g/mol. The number of ether oxygens (including phenoxy) is 4. The van der Waals surface area contributed by atoms with Crippen LogP contribution in [-0.2, 0) is 86.1 Å². The lowest BCUT2D eigenvalue weighted by molar-refractivity contribution is -0.149. The molecule has 730 valence electrons. The number of amides is 13. The molecule has 3 aliphatic heterocycles. The van der Waals surface area contributed by atoms with Crippen LogP contribution in [0.15, 0.2) is 164 Å². The Bertz CT molecular complexity index is 5490. The van der Waals surface area contributed by atoms with Crippen molar-refractivity contribution < 1.29 is 86.1 Å². The first kappa shape index (κ1) is 108. The first-order valence-electron chi connectivity index (χ1n) is 46.9. The Morgan fingerprint density at radius 3 is 1.56 bits per heavy atom. The maximum absolute atomic E-state index is 14.2. The highest BCUT2D eigenvalue weighted by Crippen LogP contribution is 2.51. The molecule has 1 aliphatic carbocycles. The number of hydrogen-bond donors (Lipinski definition) is 4.